The molecule has 0 radical (unpaired) electrons. The van der Waals surface area contributed by atoms with E-state index in [2.05, 4.69) is 10.5 Å². The molecule has 0 saturated heterocycles. The first-order valence-electron chi connectivity index (χ1n) is 6.65. The molecule has 0 bridgehead atoms. The molecule has 2 aromatic rings. The van der Waals surface area contributed by atoms with Gasteiger partial charge in [-0.25, -0.2) is 5.43 Å². The van der Waals surface area contributed by atoms with Gasteiger partial charge in [0, 0.05) is 6.07 Å². The highest BCUT2D eigenvalue weighted by Crippen LogP contribution is 2.22. The first-order valence-corrected chi connectivity index (χ1v) is 6.65. The summed E-state index contributed by atoms with van der Waals surface area (Å²) < 4.78 is 0. The largest absolute Gasteiger partial charge is 0.508 e. The minimum Gasteiger partial charge on any atom is -0.508 e. The molecular formula is C17H16N2O3. The summed E-state index contributed by atoms with van der Waals surface area (Å²) in [5, 5.41) is 22.6. The van der Waals surface area contributed by atoms with Crippen molar-refractivity contribution >= 4 is 18.2 Å². The lowest BCUT2D eigenvalue weighted by Crippen LogP contribution is -2.17. The Morgan fingerprint density at radius 1 is 1.14 bits per heavy atom. The van der Waals surface area contributed by atoms with Crippen molar-refractivity contribution in [1.82, 2.24) is 5.43 Å². The van der Waals surface area contributed by atoms with Crippen LogP contribution >= 0.6 is 0 Å². The molecule has 2 rings (SSSR count). The van der Waals surface area contributed by atoms with Crippen molar-refractivity contribution in [3.8, 4) is 11.5 Å². The molecule has 5 heteroatoms. The van der Waals surface area contributed by atoms with Gasteiger partial charge in [0.15, 0.2) is 0 Å². The quantitative estimate of drug-likeness (QED) is 0.599. The molecule has 0 atom stereocenters. The van der Waals surface area contributed by atoms with E-state index in [1.165, 1.54) is 18.3 Å². The topological polar surface area (TPSA) is 81.9 Å². The lowest BCUT2D eigenvalue weighted by molar-refractivity contribution is 0.0952. The molecule has 112 valence electrons. The van der Waals surface area contributed by atoms with Crippen molar-refractivity contribution in [3.63, 3.8) is 0 Å². The number of hydrogen-bond donors (Lipinski definition) is 3. The van der Waals surface area contributed by atoms with E-state index in [1.54, 1.807) is 0 Å². The first-order chi connectivity index (χ1) is 10.6. The van der Waals surface area contributed by atoms with Gasteiger partial charge in [-0.3, -0.25) is 4.79 Å². The summed E-state index contributed by atoms with van der Waals surface area (Å²) in [6, 6.07) is 13.5. The van der Waals surface area contributed by atoms with Crippen LogP contribution in [0.25, 0.3) is 6.08 Å². The number of carbonyl (C=O) groups is 1. The van der Waals surface area contributed by atoms with Crippen molar-refractivity contribution in [2.45, 2.75) is 6.92 Å². The monoisotopic (exact) mass is 296 g/mol. The van der Waals surface area contributed by atoms with Crippen LogP contribution in [0.2, 0.25) is 0 Å². The van der Waals surface area contributed by atoms with Crippen LogP contribution in [0.4, 0.5) is 0 Å². The zero-order chi connectivity index (χ0) is 15.9. The number of hydrogen-bond acceptors (Lipinski definition) is 4. The molecule has 0 aromatic heterocycles. The van der Waals surface area contributed by atoms with Crippen LogP contribution in [0, 0.1) is 0 Å². The Balaban J connectivity index is 2.00. The van der Waals surface area contributed by atoms with Crippen molar-refractivity contribution < 1.29 is 15.0 Å². The molecule has 0 aliphatic heterocycles. The fourth-order valence-corrected chi connectivity index (χ4v) is 1.81. The Labute approximate surface area is 128 Å². The van der Waals surface area contributed by atoms with Crippen LogP contribution < -0.4 is 5.43 Å². The molecule has 22 heavy (non-hydrogen) atoms. The minimum absolute atomic E-state index is 0.0413. The number of nitrogens with one attached hydrogen (secondary N) is 1. The Morgan fingerprint density at radius 2 is 1.86 bits per heavy atom. The van der Waals surface area contributed by atoms with E-state index in [-0.39, 0.29) is 17.1 Å². The third kappa shape index (κ3) is 4.21. The lowest BCUT2D eigenvalue weighted by Gasteiger charge is -2.03. The number of amides is 1. The minimum atomic E-state index is -0.554. The number of rotatable bonds is 4. The molecule has 0 saturated carbocycles. The van der Waals surface area contributed by atoms with E-state index in [9.17, 15) is 15.0 Å². The second-order valence-electron chi connectivity index (χ2n) is 4.70. The highest BCUT2D eigenvalue weighted by atomic mass is 16.3. The van der Waals surface area contributed by atoms with Gasteiger partial charge in [-0.2, -0.15) is 5.10 Å². The summed E-state index contributed by atoms with van der Waals surface area (Å²) >= 11 is 0. The zero-order valence-electron chi connectivity index (χ0n) is 12.0. The van der Waals surface area contributed by atoms with Gasteiger partial charge in [-0.05, 0) is 30.2 Å². The van der Waals surface area contributed by atoms with Crippen LogP contribution in [-0.4, -0.2) is 22.3 Å². The van der Waals surface area contributed by atoms with Crippen molar-refractivity contribution in [3.05, 3.63) is 65.2 Å². The Morgan fingerprint density at radius 3 is 2.55 bits per heavy atom. The van der Waals surface area contributed by atoms with E-state index in [0.29, 0.717) is 0 Å². The number of phenolic OH excluding ortho intramolecular Hbond substituents is 2. The second kappa shape index (κ2) is 7.08. The molecule has 0 aliphatic rings. The molecule has 0 fully saturated rings. The first kappa shape index (κ1) is 15.3. The normalized spacial score (nSPS) is 11.6. The maximum atomic E-state index is 11.8. The van der Waals surface area contributed by atoms with Gasteiger partial charge in [0.2, 0.25) is 0 Å². The maximum absolute atomic E-state index is 11.8. The van der Waals surface area contributed by atoms with E-state index in [1.807, 2.05) is 43.3 Å². The summed E-state index contributed by atoms with van der Waals surface area (Å²) in [7, 11) is 0. The summed E-state index contributed by atoms with van der Waals surface area (Å²) in [5.74, 6) is -0.968. The Bertz CT molecular complexity index is 722. The van der Waals surface area contributed by atoms with Gasteiger partial charge in [0.1, 0.15) is 11.5 Å². The molecular weight excluding hydrogens is 280 g/mol. The van der Waals surface area contributed by atoms with E-state index >= 15 is 0 Å². The number of nitrogens with zero attached hydrogens (tertiary/aromatic N) is 1. The molecule has 0 unspecified atom stereocenters. The van der Waals surface area contributed by atoms with Gasteiger partial charge in [0.05, 0.1) is 11.8 Å². The number of phenols is 2. The van der Waals surface area contributed by atoms with Gasteiger partial charge in [0.25, 0.3) is 5.91 Å². The second-order valence-corrected chi connectivity index (χ2v) is 4.70. The van der Waals surface area contributed by atoms with Crippen molar-refractivity contribution in [2.75, 3.05) is 0 Å². The predicted octanol–water partition coefficient (Wildman–Crippen LogP) is 2.92. The zero-order valence-corrected chi connectivity index (χ0v) is 12.0. The number of carbonyl (C=O) groups excluding carboxylic acids is 1. The average Bonchev–Trinajstić information content (AvgIpc) is 2.48. The third-order valence-corrected chi connectivity index (χ3v) is 2.85. The molecule has 0 aliphatic carbocycles. The Hall–Kier alpha value is -3.08. The lowest BCUT2D eigenvalue weighted by atomic mass is 10.1. The van der Waals surface area contributed by atoms with Gasteiger partial charge in [-0.15, -0.1) is 0 Å². The average molecular weight is 296 g/mol. The van der Waals surface area contributed by atoms with Crippen LogP contribution in [0.5, 0.6) is 11.5 Å². The number of hydrazone groups is 1. The van der Waals surface area contributed by atoms with E-state index < -0.39 is 5.91 Å². The molecule has 0 heterocycles. The summed E-state index contributed by atoms with van der Waals surface area (Å²) in [6.07, 6.45) is 3.44. The van der Waals surface area contributed by atoms with Crippen LogP contribution in [0.15, 0.2) is 59.2 Å². The molecule has 3 N–H and O–H groups in total. The molecule has 1 amide bonds. The van der Waals surface area contributed by atoms with E-state index in [4.69, 9.17) is 0 Å². The van der Waals surface area contributed by atoms with E-state index in [0.717, 1.165) is 17.2 Å². The van der Waals surface area contributed by atoms with Gasteiger partial charge in [-0.1, -0.05) is 36.4 Å². The molecule has 0 spiro atoms. The summed E-state index contributed by atoms with van der Waals surface area (Å²) in [4.78, 5) is 11.8. The standard InChI is InChI=1S/C17H16N2O3/c1-12(9-13-5-3-2-4-6-13)11-18-19-17(22)15-8-7-14(20)10-16(15)21/h2-11,20-21H,1H3,(H,19,22). The highest BCUT2D eigenvalue weighted by Gasteiger charge is 2.10. The number of aromatic hydroxyl groups is 2. The van der Waals surface area contributed by atoms with Gasteiger partial charge < -0.3 is 10.2 Å². The smallest absolute Gasteiger partial charge is 0.275 e. The fourth-order valence-electron chi connectivity index (χ4n) is 1.81. The predicted molar refractivity (Wildman–Crippen MR) is 85.8 cm³/mol. The Kier molecular flexibility index (Phi) is 4.93. The van der Waals surface area contributed by atoms with Crippen molar-refractivity contribution in [2.24, 2.45) is 5.10 Å². The van der Waals surface area contributed by atoms with Crippen LogP contribution in [0.1, 0.15) is 22.8 Å². The van der Waals surface area contributed by atoms with Crippen LogP contribution in [0.3, 0.4) is 0 Å². The third-order valence-electron chi connectivity index (χ3n) is 2.85. The SMILES string of the molecule is CC(C=NNC(=O)c1ccc(O)cc1O)=Cc1ccccc1. The van der Waals surface area contributed by atoms with Crippen molar-refractivity contribution in [1.29, 1.82) is 0 Å². The summed E-state index contributed by atoms with van der Waals surface area (Å²) in [6.45, 7) is 1.86. The van der Waals surface area contributed by atoms with Gasteiger partial charge >= 0.3 is 0 Å². The number of allylic oxidation sites excluding steroid dienone is 1. The summed E-state index contributed by atoms with van der Waals surface area (Å²) in [5.41, 5.74) is 4.26. The van der Waals surface area contributed by atoms with Crippen LogP contribution in [-0.2, 0) is 0 Å². The number of benzene rings is 2. The highest BCUT2D eigenvalue weighted by molar-refractivity contribution is 5.97. The maximum Gasteiger partial charge on any atom is 0.275 e. The molecule has 2 aromatic carbocycles. The molecule has 5 nitrogen and oxygen atoms in total. The fraction of sp³-hybridized carbons (Fsp3) is 0.0588.